The molecule has 0 spiro atoms. The molecule has 3 saturated heterocycles. The van der Waals surface area contributed by atoms with Gasteiger partial charge in [-0.15, -0.1) is 0 Å². The summed E-state index contributed by atoms with van der Waals surface area (Å²) < 4.78 is 19.2. The van der Waals surface area contributed by atoms with E-state index in [1.165, 1.54) is 5.56 Å². The van der Waals surface area contributed by atoms with Crippen LogP contribution >= 0.6 is 0 Å². The van der Waals surface area contributed by atoms with Gasteiger partial charge in [0, 0.05) is 12.7 Å². The number of rotatable bonds is 5. The van der Waals surface area contributed by atoms with E-state index in [1.807, 2.05) is 4.90 Å². The van der Waals surface area contributed by atoms with Crippen molar-refractivity contribution in [2.45, 2.75) is 37.4 Å². The maximum absolute atomic E-state index is 13.9. The zero-order chi connectivity index (χ0) is 21.2. The molecular weight excluding hydrogens is 395 g/mol. The number of aromatic nitrogens is 2. The molecule has 31 heavy (non-hydrogen) atoms. The highest BCUT2D eigenvalue weighted by Crippen LogP contribution is 2.34. The first-order valence-corrected chi connectivity index (χ1v) is 11.0. The van der Waals surface area contributed by atoms with Crippen molar-refractivity contribution in [2.24, 2.45) is 0 Å². The van der Waals surface area contributed by atoms with Crippen LogP contribution in [0, 0.1) is 11.3 Å². The number of nitriles is 1. The van der Waals surface area contributed by atoms with Gasteiger partial charge in [-0.05, 0) is 68.1 Å². The van der Waals surface area contributed by atoms with Crippen LogP contribution in [0.2, 0.25) is 0 Å². The van der Waals surface area contributed by atoms with Crippen molar-refractivity contribution in [3.05, 3.63) is 41.6 Å². The molecular formula is C23H27FN6O. The van der Waals surface area contributed by atoms with Crippen molar-refractivity contribution in [3.63, 3.8) is 0 Å². The first-order chi connectivity index (χ1) is 15.2. The normalized spacial score (nSPS) is 22.8. The Balaban J connectivity index is 1.38. The molecule has 3 fully saturated rings. The van der Waals surface area contributed by atoms with Gasteiger partial charge in [-0.1, -0.05) is 0 Å². The van der Waals surface area contributed by atoms with Gasteiger partial charge < -0.3 is 15.0 Å². The van der Waals surface area contributed by atoms with E-state index >= 15 is 0 Å². The molecule has 7 nitrogen and oxygen atoms in total. The van der Waals surface area contributed by atoms with Crippen molar-refractivity contribution < 1.29 is 9.13 Å². The number of hydrogen-bond acceptors (Lipinski definition) is 7. The second-order valence-electron chi connectivity index (χ2n) is 8.64. The average molecular weight is 423 g/mol. The number of pyridine rings is 2. The fourth-order valence-electron chi connectivity index (χ4n) is 4.66. The van der Waals surface area contributed by atoms with Gasteiger partial charge in [-0.3, -0.25) is 4.90 Å². The largest absolute Gasteiger partial charge is 0.378 e. The third kappa shape index (κ3) is 4.48. The SMILES string of the molecule is N#Cc1ccnc(Nc2cc(C3CCN(C4COC4)CC3)cc(N3CCC(F)C3)n2)c1. The number of nitrogens with zero attached hydrogens (tertiary/aromatic N) is 5. The maximum Gasteiger partial charge on any atom is 0.134 e. The minimum atomic E-state index is -0.802. The highest BCUT2D eigenvalue weighted by Gasteiger charge is 2.31. The van der Waals surface area contributed by atoms with Crippen LogP contribution in [0.4, 0.5) is 21.8 Å². The third-order valence-electron chi connectivity index (χ3n) is 6.57. The molecule has 0 aliphatic carbocycles. The Morgan fingerprint density at radius 2 is 1.94 bits per heavy atom. The summed E-state index contributed by atoms with van der Waals surface area (Å²) in [4.78, 5) is 13.6. The van der Waals surface area contributed by atoms with Gasteiger partial charge in [0.15, 0.2) is 0 Å². The van der Waals surface area contributed by atoms with Gasteiger partial charge in [0.05, 0.1) is 37.4 Å². The number of piperidine rings is 1. The lowest BCUT2D eigenvalue weighted by molar-refractivity contribution is -0.0712. The van der Waals surface area contributed by atoms with Gasteiger partial charge in [0.2, 0.25) is 0 Å². The van der Waals surface area contributed by atoms with Crippen LogP contribution in [0.15, 0.2) is 30.5 Å². The van der Waals surface area contributed by atoms with E-state index in [2.05, 4.69) is 33.4 Å². The van der Waals surface area contributed by atoms with Crippen molar-refractivity contribution in [2.75, 3.05) is 49.6 Å². The van der Waals surface area contributed by atoms with Crippen LogP contribution < -0.4 is 10.2 Å². The zero-order valence-corrected chi connectivity index (χ0v) is 17.5. The summed E-state index contributed by atoms with van der Waals surface area (Å²) in [5, 5.41) is 12.4. The van der Waals surface area contributed by atoms with Gasteiger partial charge in [0.25, 0.3) is 0 Å². The Hall–Kier alpha value is -2.76. The first kappa shape index (κ1) is 20.2. The van der Waals surface area contributed by atoms with Crippen LogP contribution in [-0.2, 0) is 4.74 Å². The van der Waals surface area contributed by atoms with E-state index < -0.39 is 6.17 Å². The van der Waals surface area contributed by atoms with Crippen LogP contribution in [0.5, 0.6) is 0 Å². The quantitative estimate of drug-likeness (QED) is 0.793. The molecule has 3 aliphatic heterocycles. The van der Waals surface area contributed by atoms with Crippen molar-refractivity contribution in [1.82, 2.24) is 14.9 Å². The Bertz CT molecular complexity index is 967. The molecule has 2 aromatic rings. The number of ether oxygens (including phenoxy) is 1. The monoisotopic (exact) mass is 422 g/mol. The third-order valence-corrected chi connectivity index (χ3v) is 6.57. The lowest BCUT2D eigenvalue weighted by atomic mass is 9.89. The summed E-state index contributed by atoms with van der Waals surface area (Å²) in [6, 6.07) is 10.3. The highest BCUT2D eigenvalue weighted by atomic mass is 19.1. The number of hydrogen-bond donors (Lipinski definition) is 1. The average Bonchev–Trinajstić information content (AvgIpc) is 3.19. The second-order valence-corrected chi connectivity index (χ2v) is 8.64. The van der Waals surface area contributed by atoms with Crippen LogP contribution in [0.3, 0.4) is 0 Å². The number of alkyl halides is 1. The summed E-state index contributed by atoms with van der Waals surface area (Å²) in [6.45, 7) is 4.92. The molecule has 8 heteroatoms. The Morgan fingerprint density at radius 1 is 1.10 bits per heavy atom. The maximum atomic E-state index is 13.9. The van der Waals surface area contributed by atoms with Gasteiger partial charge in [0.1, 0.15) is 23.6 Å². The lowest BCUT2D eigenvalue weighted by Gasteiger charge is -2.41. The van der Waals surface area contributed by atoms with E-state index in [9.17, 15) is 4.39 Å². The van der Waals surface area contributed by atoms with Gasteiger partial charge >= 0.3 is 0 Å². The molecule has 1 unspecified atom stereocenters. The van der Waals surface area contributed by atoms with E-state index in [0.29, 0.717) is 48.7 Å². The fourth-order valence-corrected chi connectivity index (χ4v) is 4.66. The summed E-state index contributed by atoms with van der Waals surface area (Å²) in [5.74, 6) is 2.53. The summed E-state index contributed by atoms with van der Waals surface area (Å²) in [7, 11) is 0. The van der Waals surface area contributed by atoms with Crippen molar-refractivity contribution >= 4 is 17.5 Å². The number of anilines is 3. The van der Waals surface area contributed by atoms with Crippen LogP contribution in [0.1, 0.15) is 36.3 Å². The summed E-state index contributed by atoms with van der Waals surface area (Å²) in [5.41, 5.74) is 1.77. The summed E-state index contributed by atoms with van der Waals surface area (Å²) >= 11 is 0. The van der Waals surface area contributed by atoms with Crippen molar-refractivity contribution in [1.29, 1.82) is 5.26 Å². The molecule has 5 rings (SSSR count). The van der Waals surface area contributed by atoms with Crippen LogP contribution in [0.25, 0.3) is 0 Å². The van der Waals surface area contributed by atoms with E-state index in [-0.39, 0.29) is 0 Å². The second kappa shape index (κ2) is 8.77. The number of halogens is 1. The Labute approximate surface area is 181 Å². The Kier molecular flexibility index (Phi) is 5.70. The number of nitrogens with one attached hydrogen (secondary N) is 1. The molecule has 2 aromatic heterocycles. The molecule has 162 valence electrons. The molecule has 3 aliphatic rings. The zero-order valence-electron chi connectivity index (χ0n) is 17.5. The predicted octanol–water partition coefficient (Wildman–Crippen LogP) is 3.22. The van der Waals surface area contributed by atoms with E-state index in [0.717, 1.165) is 45.0 Å². The lowest BCUT2D eigenvalue weighted by Crippen LogP contribution is -2.51. The molecule has 0 amide bonds. The molecule has 0 saturated carbocycles. The van der Waals surface area contributed by atoms with Crippen molar-refractivity contribution in [3.8, 4) is 6.07 Å². The van der Waals surface area contributed by atoms with Crippen LogP contribution in [-0.4, -0.2) is 66.5 Å². The van der Waals surface area contributed by atoms with Gasteiger partial charge in [-0.25, -0.2) is 14.4 Å². The minimum Gasteiger partial charge on any atom is -0.378 e. The van der Waals surface area contributed by atoms with Gasteiger partial charge in [-0.2, -0.15) is 5.26 Å². The minimum absolute atomic E-state index is 0.387. The standard InChI is InChI=1S/C23H27FN6O/c24-19-4-8-30(13-19)23-11-18(17-2-6-29(7-3-17)20-14-31-15-20)10-22(28-23)27-21-9-16(12-25)1-5-26-21/h1,5,9-11,17,19-20H,2-4,6-8,13-15H2,(H,26,27,28). The number of likely N-dealkylation sites (tertiary alicyclic amines) is 1. The first-order valence-electron chi connectivity index (χ1n) is 11.0. The van der Waals surface area contributed by atoms with E-state index in [1.54, 1.807) is 18.3 Å². The van der Waals surface area contributed by atoms with E-state index in [4.69, 9.17) is 15.0 Å². The molecule has 1 atom stereocenters. The molecule has 5 heterocycles. The predicted molar refractivity (Wildman–Crippen MR) is 116 cm³/mol. The highest BCUT2D eigenvalue weighted by molar-refractivity contribution is 5.59. The topological polar surface area (TPSA) is 77.3 Å². The molecule has 0 aromatic carbocycles. The molecule has 0 bridgehead atoms. The molecule has 0 radical (unpaired) electrons. The molecule has 1 N–H and O–H groups in total. The smallest absolute Gasteiger partial charge is 0.134 e. The Morgan fingerprint density at radius 3 is 2.61 bits per heavy atom. The summed E-state index contributed by atoms with van der Waals surface area (Å²) in [6.07, 6.45) is 3.53. The fraction of sp³-hybridized carbons (Fsp3) is 0.522.